The van der Waals surface area contributed by atoms with E-state index >= 15 is 0 Å². The molecule has 0 aliphatic rings. The van der Waals surface area contributed by atoms with Crippen molar-refractivity contribution in [2.24, 2.45) is 5.73 Å². The second-order valence-electron chi connectivity index (χ2n) is 3.68. The molecule has 0 saturated heterocycles. The lowest BCUT2D eigenvalue weighted by Crippen LogP contribution is -2.14. The fraction of sp³-hybridized carbons (Fsp3) is 0.250. The van der Waals surface area contributed by atoms with E-state index < -0.39 is 0 Å². The van der Waals surface area contributed by atoms with Gasteiger partial charge in [0.15, 0.2) is 0 Å². The topological polar surface area (TPSA) is 48.1 Å². The number of hydrogen-bond acceptors (Lipinski definition) is 4. The number of hydrogen-bond donors (Lipinski definition) is 1. The Morgan fingerprint density at radius 1 is 1.53 bits per heavy atom. The minimum atomic E-state index is -0.0790. The standard InChI is InChI=1S/C12H13BrN2OS/c1-16-9-2-3-10(13)8(4-9)5-11(14)12-6-17-7-15-12/h2-4,6-7,11H,5,14H2,1H3. The van der Waals surface area contributed by atoms with Gasteiger partial charge in [0, 0.05) is 9.85 Å². The van der Waals surface area contributed by atoms with Gasteiger partial charge in [0.25, 0.3) is 0 Å². The van der Waals surface area contributed by atoms with Gasteiger partial charge >= 0.3 is 0 Å². The van der Waals surface area contributed by atoms with Crippen LogP contribution in [0.4, 0.5) is 0 Å². The lowest BCUT2D eigenvalue weighted by Gasteiger charge is -2.11. The van der Waals surface area contributed by atoms with Crippen LogP contribution >= 0.6 is 27.3 Å². The highest BCUT2D eigenvalue weighted by atomic mass is 79.9. The number of thiazole rings is 1. The zero-order valence-corrected chi connectivity index (χ0v) is 11.8. The number of benzene rings is 1. The number of nitrogens with two attached hydrogens (primary N) is 1. The third-order valence-corrected chi connectivity index (χ3v) is 3.90. The Morgan fingerprint density at radius 3 is 3.00 bits per heavy atom. The number of aromatic nitrogens is 1. The fourth-order valence-electron chi connectivity index (χ4n) is 1.58. The largest absolute Gasteiger partial charge is 0.497 e. The molecule has 1 aromatic heterocycles. The van der Waals surface area contributed by atoms with Crippen LogP contribution in [0.15, 0.2) is 33.6 Å². The van der Waals surface area contributed by atoms with E-state index in [0.717, 1.165) is 27.9 Å². The van der Waals surface area contributed by atoms with E-state index in [4.69, 9.17) is 10.5 Å². The van der Waals surface area contributed by atoms with Crippen LogP contribution in [0.5, 0.6) is 5.75 Å². The molecular formula is C12H13BrN2OS. The zero-order valence-electron chi connectivity index (χ0n) is 9.39. The number of methoxy groups -OCH3 is 1. The first-order valence-corrected chi connectivity index (χ1v) is 6.90. The Bertz CT molecular complexity index is 487. The van der Waals surface area contributed by atoms with Crippen LogP contribution in [0.1, 0.15) is 17.3 Å². The van der Waals surface area contributed by atoms with Gasteiger partial charge in [-0.25, -0.2) is 4.98 Å². The van der Waals surface area contributed by atoms with Crippen molar-refractivity contribution in [3.63, 3.8) is 0 Å². The van der Waals surface area contributed by atoms with E-state index in [0.29, 0.717) is 0 Å². The molecule has 1 atom stereocenters. The van der Waals surface area contributed by atoms with E-state index in [1.54, 1.807) is 24.0 Å². The van der Waals surface area contributed by atoms with Gasteiger partial charge in [0.2, 0.25) is 0 Å². The Hall–Kier alpha value is -0.910. The normalized spacial score (nSPS) is 12.4. The first-order valence-electron chi connectivity index (χ1n) is 5.17. The van der Waals surface area contributed by atoms with Crippen molar-refractivity contribution in [3.8, 4) is 5.75 Å². The molecule has 2 N–H and O–H groups in total. The quantitative estimate of drug-likeness (QED) is 0.943. The molecule has 2 aromatic rings. The average Bonchev–Trinajstić information content (AvgIpc) is 2.85. The molecule has 0 bridgehead atoms. The zero-order chi connectivity index (χ0) is 12.3. The number of rotatable bonds is 4. The van der Waals surface area contributed by atoms with E-state index in [2.05, 4.69) is 20.9 Å². The fourth-order valence-corrected chi connectivity index (χ4v) is 2.61. The summed E-state index contributed by atoms with van der Waals surface area (Å²) in [6.07, 6.45) is 0.738. The molecule has 0 fully saturated rings. The summed E-state index contributed by atoms with van der Waals surface area (Å²) in [4.78, 5) is 4.23. The highest BCUT2D eigenvalue weighted by Crippen LogP contribution is 2.26. The van der Waals surface area contributed by atoms with Crippen LogP contribution in [-0.4, -0.2) is 12.1 Å². The van der Waals surface area contributed by atoms with Crippen molar-refractivity contribution in [3.05, 3.63) is 44.8 Å². The number of ether oxygens (including phenoxy) is 1. The van der Waals surface area contributed by atoms with Crippen LogP contribution < -0.4 is 10.5 Å². The lowest BCUT2D eigenvalue weighted by molar-refractivity contribution is 0.414. The van der Waals surface area contributed by atoms with Crippen molar-refractivity contribution in [2.75, 3.05) is 7.11 Å². The molecule has 1 heterocycles. The lowest BCUT2D eigenvalue weighted by atomic mass is 10.0. The van der Waals surface area contributed by atoms with Gasteiger partial charge in [0.05, 0.1) is 24.4 Å². The van der Waals surface area contributed by atoms with Crippen molar-refractivity contribution in [2.45, 2.75) is 12.5 Å². The molecule has 17 heavy (non-hydrogen) atoms. The Labute approximate surface area is 113 Å². The number of halogens is 1. The van der Waals surface area contributed by atoms with Crippen molar-refractivity contribution in [1.29, 1.82) is 0 Å². The smallest absolute Gasteiger partial charge is 0.119 e. The maximum Gasteiger partial charge on any atom is 0.119 e. The summed E-state index contributed by atoms with van der Waals surface area (Å²) in [5.74, 6) is 0.841. The molecule has 2 rings (SSSR count). The van der Waals surface area contributed by atoms with Gasteiger partial charge in [0.1, 0.15) is 5.75 Å². The first-order chi connectivity index (χ1) is 8.20. The molecule has 0 spiro atoms. The van der Waals surface area contributed by atoms with Gasteiger partial charge in [-0.3, -0.25) is 0 Å². The van der Waals surface area contributed by atoms with Crippen molar-refractivity contribution in [1.82, 2.24) is 4.98 Å². The second kappa shape index (κ2) is 5.62. The van der Waals surface area contributed by atoms with Gasteiger partial charge < -0.3 is 10.5 Å². The predicted octanol–water partition coefficient (Wildman–Crippen LogP) is 3.16. The molecule has 1 aromatic carbocycles. The van der Waals surface area contributed by atoms with Crippen molar-refractivity contribution < 1.29 is 4.74 Å². The second-order valence-corrected chi connectivity index (χ2v) is 5.25. The van der Waals surface area contributed by atoms with Crippen LogP contribution in [0.25, 0.3) is 0 Å². The summed E-state index contributed by atoms with van der Waals surface area (Å²) < 4.78 is 6.25. The maximum absolute atomic E-state index is 6.11. The highest BCUT2D eigenvalue weighted by molar-refractivity contribution is 9.10. The summed E-state index contributed by atoms with van der Waals surface area (Å²) >= 11 is 5.09. The SMILES string of the molecule is COc1ccc(Br)c(CC(N)c2cscn2)c1. The summed E-state index contributed by atoms with van der Waals surface area (Å²) in [6, 6.07) is 5.81. The van der Waals surface area contributed by atoms with Gasteiger partial charge in [-0.15, -0.1) is 11.3 Å². The highest BCUT2D eigenvalue weighted by Gasteiger charge is 2.11. The molecule has 0 amide bonds. The minimum absolute atomic E-state index is 0.0790. The molecule has 90 valence electrons. The van der Waals surface area contributed by atoms with Crippen LogP contribution in [-0.2, 0) is 6.42 Å². The Balaban J connectivity index is 2.18. The molecule has 1 unspecified atom stereocenters. The van der Waals surface area contributed by atoms with Gasteiger partial charge in [-0.05, 0) is 30.2 Å². The minimum Gasteiger partial charge on any atom is -0.497 e. The summed E-state index contributed by atoms with van der Waals surface area (Å²) in [5, 5.41) is 1.98. The maximum atomic E-state index is 6.11. The van der Waals surface area contributed by atoms with E-state index in [-0.39, 0.29) is 6.04 Å². The average molecular weight is 313 g/mol. The molecule has 0 aliphatic carbocycles. The van der Waals surface area contributed by atoms with E-state index in [9.17, 15) is 0 Å². The molecule has 3 nitrogen and oxygen atoms in total. The first kappa shape index (κ1) is 12.5. The third-order valence-electron chi connectivity index (χ3n) is 2.52. The molecule has 0 aliphatic heterocycles. The van der Waals surface area contributed by atoms with Crippen LogP contribution in [0, 0.1) is 0 Å². The molecular weight excluding hydrogens is 300 g/mol. The van der Waals surface area contributed by atoms with Gasteiger partial charge in [-0.1, -0.05) is 15.9 Å². The molecule has 0 saturated carbocycles. The van der Waals surface area contributed by atoms with Crippen LogP contribution in [0.3, 0.4) is 0 Å². The van der Waals surface area contributed by atoms with Crippen LogP contribution in [0.2, 0.25) is 0 Å². The third kappa shape index (κ3) is 3.06. The summed E-state index contributed by atoms with van der Waals surface area (Å²) in [7, 11) is 1.66. The molecule has 5 heteroatoms. The van der Waals surface area contributed by atoms with E-state index in [1.807, 2.05) is 23.6 Å². The summed E-state index contributed by atoms with van der Waals surface area (Å²) in [6.45, 7) is 0. The van der Waals surface area contributed by atoms with E-state index in [1.165, 1.54) is 0 Å². The van der Waals surface area contributed by atoms with Gasteiger partial charge in [-0.2, -0.15) is 0 Å². The monoisotopic (exact) mass is 312 g/mol. The molecule has 0 radical (unpaired) electrons. The number of nitrogens with zero attached hydrogens (tertiary/aromatic N) is 1. The van der Waals surface area contributed by atoms with Crippen molar-refractivity contribution >= 4 is 27.3 Å². The predicted molar refractivity (Wildman–Crippen MR) is 73.4 cm³/mol. The Morgan fingerprint density at radius 2 is 2.35 bits per heavy atom. The Kier molecular flexibility index (Phi) is 4.15. The summed E-state index contributed by atoms with van der Waals surface area (Å²) in [5.41, 5.74) is 9.98.